The van der Waals surface area contributed by atoms with Crippen molar-refractivity contribution in [2.24, 2.45) is 5.41 Å². The summed E-state index contributed by atoms with van der Waals surface area (Å²) >= 11 is 2.02. The highest BCUT2D eigenvalue weighted by molar-refractivity contribution is 7.99. The van der Waals surface area contributed by atoms with Gasteiger partial charge in [-0.05, 0) is 25.3 Å². The van der Waals surface area contributed by atoms with E-state index >= 15 is 0 Å². The number of hydrogen-bond acceptors (Lipinski definition) is 3. The number of thioether (sulfide) groups is 1. The second-order valence-electron chi connectivity index (χ2n) is 5.48. The molecule has 1 N–H and O–H groups in total. The van der Waals surface area contributed by atoms with Gasteiger partial charge in [0.25, 0.3) is 0 Å². The fraction of sp³-hybridized carbons (Fsp3) is 1.00. The van der Waals surface area contributed by atoms with Crippen LogP contribution in [0.4, 0.5) is 0 Å². The van der Waals surface area contributed by atoms with Gasteiger partial charge in [-0.3, -0.25) is 0 Å². The Kier molecular flexibility index (Phi) is 5.44. The van der Waals surface area contributed by atoms with Crippen LogP contribution in [0.25, 0.3) is 0 Å². The van der Waals surface area contributed by atoms with Crippen LogP contribution in [0.15, 0.2) is 0 Å². The van der Waals surface area contributed by atoms with E-state index in [9.17, 15) is 0 Å². The van der Waals surface area contributed by atoms with E-state index in [1.54, 1.807) is 0 Å². The van der Waals surface area contributed by atoms with Gasteiger partial charge in [0.15, 0.2) is 0 Å². The SMILES string of the molecule is CNC(CCC(C)(C)C)C1CSCCO1. The molecular formula is C12H25NOS. The molecule has 90 valence electrons. The van der Waals surface area contributed by atoms with Crippen molar-refractivity contribution in [3.8, 4) is 0 Å². The second-order valence-corrected chi connectivity index (χ2v) is 6.63. The summed E-state index contributed by atoms with van der Waals surface area (Å²) in [6.07, 6.45) is 2.88. The average molecular weight is 231 g/mol. The number of likely N-dealkylation sites (N-methyl/N-ethyl adjacent to an activating group) is 1. The summed E-state index contributed by atoms with van der Waals surface area (Å²) in [5, 5.41) is 3.41. The minimum atomic E-state index is 0.413. The molecule has 3 heteroatoms. The summed E-state index contributed by atoms with van der Waals surface area (Å²) < 4.78 is 5.81. The van der Waals surface area contributed by atoms with Gasteiger partial charge in [0.1, 0.15) is 0 Å². The molecule has 1 heterocycles. The van der Waals surface area contributed by atoms with Crippen molar-refractivity contribution in [2.75, 3.05) is 25.2 Å². The molecule has 0 aromatic heterocycles. The highest BCUT2D eigenvalue weighted by Crippen LogP contribution is 2.24. The Labute approximate surface area is 98.5 Å². The van der Waals surface area contributed by atoms with Crippen LogP contribution in [0.1, 0.15) is 33.6 Å². The molecule has 0 radical (unpaired) electrons. The fourth-order valence-electron chi connectivity index (χ4n) is 1.84. The zero-order valence-electron chi connectivity index (χ0n) is 10.5. The maximum atomic E-state index is 5.81. The Balaban J connectivity index is 2.34. The van der Waals surface area contributed by atoms with Crippen LogP contribution in [0.3, 0.4) is 0 Å². The predicted molar refractivity (Wildman–Crippen MR) is 68.6 cm³/mol. The third-order valence-electron chi connectivity index (χ3n) is 2.87. The molecule has 2 unspecified atom stereocenters. The van der Waals surface area contributed by atoms with Gasteiger partial charge in [0.2, 0.25) is 0 Å². The average Bonchev–Trinajstić information content (AvgIpc) is 2.19. The van der Waals surface area contributed by atoms with E-state index in [0.717, 1.165) is 18.1 Å². The lowest BCUT2D eigenvalue weighted by molar-refractivity contribution is 0.0439. The van der Waals surface area contributed by atoms with Gasteiger partial charge in [0, 0.05) is 17.5 Å². The second kappa shape index (κ2) is 6.12. The normalized spacial score (nSPS) is 25.2. The third kappa shape index (κ3) is 5.23. The summed E-state index contributed by atoms with van der Waals surface area (Å²) in [6.45, 7) is 7.83. The summed E-state index contributed by atoms with van der Waals surface area (Å²) in [5.41, 5.74) is 0.427. The third-order valence-corrected chi connectivity index (χ3v) is 3.89. The van der Waals surface area contributed by atoms with E-state index in [0.29, 0.717) is 17.6 Å². The molecule has 0 spiro atoms. The molecule has 2 nitrogen and oxygen atoms in total. The quantitative estimate of drug-likeness (QED) is 0.803. The molecule has 2 atom stereocenters. The molecule has 15 heavy (non-hydrogen) atoms. The van der Waals surface area contributed by atoms with Gasteiger partial charge < -0.3 is 10.1 Å². The van der Waals surface area contributed by atoms with Crippen LogP contribution in [0.5, 0.6) is 0 Å². The molecule has 1 aliphatic heterocycles. The molecule has 0 aromatic carbocycles. The molecule has 1 saturated heterocycles. The number of nitrogens with one attached hydrogen (secondary N) is 1. The van der Waals surface area contributed by atoms with Gasteiger partial charge in [0.05, 0.1) is 12.7 Å². The summed E-state index contributed by atoms with van der Waals surface area (Å²) in [5.74, 6) is 2.31. The standard InChI is InChI=1S/C12H25NOS/c1-12(2,3)6-5-10(13-4)11-9-15-8-7-14-11/h10-11,13H,5-9H2,1-4H3. The summed E-state index contributed by atoms with van der Waals surface area (Å²) in [6, 6.07) is 0.525. The fourth-order valence-corrected chi connectivity index (χ4v) is 2.78. The number of hydrogen-bond donors (Lipinski definition) is 1. The lowest BCUT2D eigenvalue weighted by Crippen LogP contribution is -2.43. The van der Waals surface area contributed by atoms with E-state index in [1.165, 1.54) is 12.8 Å². The molecule has 1 fully saturated rings. The van der Waals surface area contributed by atoms with E-state index in [1.807, 2.05) is 11.8 Å². The molecule has 0 aliphatic carbocycles. The smallest absolute Gasteiger partial charge is 0.0818 e. The summed E-state index contributed by atoms with van der Waals surface area (Å²) in [4.78, 5) is 0. The molecule has 0 bridgehead atoms. The molecule has 0 amide bonds. The first-order chi connectivity index (χ1) is 7.03. The van der Waals surface area contributed by atoms with Gasteiger partial charge in [-0.2, -0.15) is 11.8 Å². The van der Waals surface area contributed by atoms with E-state index < -0.39 is 0 Å². The first-order valence-electron chi connectivity index (χ1n) is 5.89. The first kappa shape index (κ1) is 13.3. The molecule has 1 aliphatic rings. The van der Waals surface area contributed by atoms with Crippen LogP contribution in [0.2, 0.25) is 0 Å². The highest BCUT2D eigenvalue weighted by Gasteiger charge is 2.24. The largest absolute Gasteiger partial charge is 0.375 e. The van der Waals surface area contributed by atoms with Crippen LogP contribution in [0, 0.1) is 5.41 Å². The van der Waals surface area contributed by atoms with Crippen molar-refractivity contribution in [1.29, 1.82) is 0 Å². The van der Waals surface area contributed by atoms with Crippen LogP contribution >= 0.6 is 11.8 Å². The lowest BCUT2D eigenvalue weighted by Gasteiger charge is -2.31. The van der Waals surface area contributed by atoms with Crippen LogP contribution < -0.4 is 5.32 Å². The molecular weight excluding hydrogens is 206 g/mol. The van der Waals surface area contributed by atoms with Crippen molar-refractivity contribution in [3.63, 3.8) is 0 Å². The first-order valence-corrected chi connectivity index (χ1v) is 7.05. The number of ether oxygens (including phenoxy) is 1. The van der Waals surface area contributed by atoms with Gasteiger partial charge in [-0.1, -0.05) is 20.8 Å². The Morgan fingerprint density at radius 1 is 1.47 bits per heavy atom. The molecule has 1 rings (SSSR count). The minimum Gasteiger partial charge on any atom is -0.375 e. The zero-order valence-corrected chi connectivity index (χ0v) is 11.3. The van der Waals surface area contributed by atoms with Gasteiger partial charge in [-0.15, -0.1) is 0 Å². The van der Waals surface area contributed by atoms with Crippen molar-refractivity contribution >= 4 is 11.8 Å². The van der Waals surface area contributed by atoms with E-state index in [-0.39, 0.29) is 0 Å². The van der Waals surface area contributed by atoms with Crippen molar-refractivity contribution < 1.29 is 4.74 Å². The summed E-state index contributed by atoms with van der Waals surface area (Å²) in [7, 11) is 2.05. The Bertz CT molecular complexity index is 173. The van der Waals surface area contributed by atoms with Gasteiger partial charge >= 0.3 is 0 Å². The maximum Gasteiger partial charge on any atom is 0.0818 e. The Morgan fingerprint density at radius 3 is 2.67 bits per heavy atom. The van der Waals surface area contributed by atoms with Gasteiger partial charge in [-0.25, -0.2) is 0 Å². The molecule has 0 saturated carbocycles. The Hall–Kier alpha value is 0.270. The maximum absolute atomic E-state index is 5.81. The predicted octanol–water partition coefficient (Wildman–Crippen LogP) is 2.53. The number of rotatable bonds is 4. The Morgan fingerprint density at radius 2 is 2.20 bits per heavy atom. The highest BCUT2D eigenvalue weighted by atomic mass is 32.2. The minimum absolute atomic E-state index is 0.413. The van der Waals surface area contributed by atoms with E-state index in [4.69, 9.17) is 4.74 Å². The topological polar surface area (TPSA) is 21.3 Å². The van der Waals surface area contributed by atoms with E-state index in [2.05, 4.69) is 33.1 Å². The van der Waals surface area contributed by atoms with Crippen molar-refractivity contribution in [2.45, 2.75) is 45.8 Å². The molecule has 0 aromatic rings. The monoisotopic (exact) mass is 231 g/mol. The lowest BCUT2D eigenvalue weighted by atomic mass is 9.88. The van der Waals surface area contributed by atoms with Crippen LogP contribution in [-0.2, 0) is 4.74 Å². The van der Waals surface area contributed by atoms with Crippen molar-refractivity contribution in [3.05, 3.63) is 0 Å². The van der Waals surface area contributed by atoms with Crippen LogP contribution in [-0.4, -0.2) is 37.3 Å². The van der Waals surface area contributed by atoms with Crippen molar-refractivity contribution in [1.82, 2.24) is 5.32 Å². The zero-order chi connectivity index (χ0) is 11.3.